The molecule has 0 aromatic carbocycles. The van der Waals surface area contributed by atoms with E-state index in [-0.39, 0.29) is 11.8 Å². The van der Waals surface area contributed by atoms with Gasteiger partial charge in [0.1, 0.15) is 0 Å². The van der Waals surface area contributed by atoms with E-state index in [1.807, 2.05) is 18.7 Å². The number of aliphatic hydroxyl groups is 1. The van der Waals surface area contributed by atoms with Crippen molar-refractivity contribution < 1.29 is 9.90 Å². The van der Waals surface area contributed by atoms with Crippen LogP contribution >= 0.6 is 0 Å². The Morgan fingerprint density at radius 2 is 2.00 bits per heavy atom. The number of amides is 1. The van der Waals surface area contributed by atoms with Gasteiger partial charge in [-0.15, -0.1) is 0 Å². The second kappa shape index (κ2) is 4.61. The standard InChI is InChI=1S/C10H19NO2/c1-3-9(12)8(2)10(13)11-6-4-5-7-11/h8-9,12H,3-7H2,1-2H3/t8-,9-/m1/s1. The first-order chi connectivity index (χ1) is 6.16. The maximum Gasteiger partial charge on any atom is 0.228 e. The minimum Gasteiger partial charge on any atom is -0.392 e. The molecule has 1 heterocycles. The van der Waals surface area contributed by atoms with Crippen LogP contribution in [0.5, 0.6) is 0 Å². The molecule has 13 heavy (non-hydrogen) atoms. The molecule has 1 N–H and O–H groups in total. The molecule has 1 rings (SSSR count). The van der Waals surface area contributed by atoms with Crippen LogP contribution in [0.15, 0.2) is 0 Å². The normalized spacial score (nSPS) is 21.6. The first-order valence-corrected chi connectivity index (χ1v) is 5.13. The summed E-state index contributed by atoms with van der Waals surface area (Å²) in [6.07, 6.45) is 2.40. The van der Waals surface area contributed by atoms with E-state index in [4.69, 9.17) is 0 Å². The summed E-state index contributed by atoms with van der Waals surface area (Å²) in [4.78, 5) is 13.6. The molecular formula is C10H19NO2. The van der Waals surface area contributed by atoms with Gasteiger partial charge in [-0.25, -0.2) is 0 Å². The second-order valence-electron chi connectivity index (χ2n) is 3.80. The number of carbonyl (C=O) groups is 1. The Labute approximate surface area is 79.7 Å². The SMILES string of the molecule is CC[C@@H](O)[C@@H](C)C(=O)N1CCCC1. The molecule has 3 heteroatoms. The van der Waals surface area contributed by atoms with Crippen LogP contribution in [-0.4, -0.2) is 35.1 Å². The van der Waals surface area contributed by atoms with Crippen LogP contribution < -0.4 is 0 Å². The van der Waals surface area contributed by atoms with Crippen molar-refractivity contribution in [2.45, 2.75) is 39.2 Å². The van der Waals surface area contributed by atoms with Gasteiger partial charge in [0, 0.05) is 13.1 Å². The summed E-state index contributed by atoms with van der Waals surface area (Å²) < 4.78 is 0. The van der Waals surface area contributed by atoms with E-state index >= 15 is 0 Å². The molecule has 0 aliphatic carbocycles. The number of aliphatic hydroxyl groups excluding tert-OH is 1. The van der Waals surface area contributed by atoms with Gasteiger partial charge in [-0.3, -0.25) is 4.79 Å². The van der Waals surface area contributed by atoms with Crippen LogP contribution in [-0.2, 0) is 4.79 Å². The third kappa shape index (κ3) is 2.44. The first kappa shape index (κ1) is 10.5. The molecule has 1 amide bonds. The Kier molecular flexibility index (Phi) is 3.72. The smallest absolute Gasteiger partial charge is 0.228 e. The zero-order chi connectivity index (χ0) is 9.84. The molecule has 2 atom stereocenters. The maximum atomic E-state index is 11.7. The minimum absolute atomic E-state index is 0.117. The zero-order valence-electron chi connectivity index (χ0n) is 8.49. The third-order valence-electron chi connectivity index (χ3n) is 2.80. The van der Waals surface area contributed by atoms with Gasteiger partial charge in [-0.1, -0.05) is 13.8 Å². The van der Waals surface area contributed by atoms with Crippen molar-refractivity contribution in [3.05, 3.63) is 0 Å². The van der Waals surface area contributed by atoms with E-state index in [1.165, 1.54) is 0 Å². The molecular weight excluding hydrogens is 166 g/mol. The highest BCUT2D eigenvalue weighted by Crippen LogP contribution is 2.15. The monoisotopic (exact) mass is 185 g/mol. The van der Waals surface area contributed by atoms with Crippen molar-refractivity contribution in [2.75, 3.05) is 13.1 Å². The second-order valence-corrected chi connectivity index (χ2v) is 3.80. The predicted octanol–water partition coefficient (Wildman–Crippen LogP) is 1.02. The zero-order valence-corrected chi connectivity index (χ0v) is 8.49. The largest absolute Gasteiger partial charge is 0.392 e. The van der Waals surface area contributed by atoms with Gasteiger partial charge in [0.25, 0.3) is 0 Å². The fourth-order valence-corrected chi connectivity index (χ4v) is 1.74. The van der Waals surface area contributed by atoms with Crippen molar-refractivity contribution in [2.24, 2.45) is 5.92 Å². The Morgan fingerprint density at radius 1 is 1.46 bits per heavy atom. The molecule has 1 aliphatic rings. The van der Waals surface area contributed by atoms with E-state index in [1.54, 1.807) is 0 Å². The van der Waals surface area contributed by atoms with Crippen LogP contribution in [0.25, 0.3) is 0 Å². The highest BCUT2D eigenvalue weighted by atomic mass is 16.3. The maximum absolute atomic E-state index is 11.7. The fraction of sp³-hybridized carbons (Fsp3) is 0.900. The molecule has 0 saturated carbocycles. The van der Waals surface area contributed by atoms with Crippen molar-refractivity contribution in [3.63, 3.8) is 0 Å². The van der Waals surface area contributed by atoms with E-state index in [2.05, 4.69) is 0 Å². The molecule has 1 saturated heterocycles. The van der Waals surface area contributed by atoms with E-state index in [0.717, 1.165) is 25.9 Å². The Morgan fingerprint density at radius 3 is 2.46 bits per heavy atom. The number of rotatable bonds is 3. The Bertz CT molecular complexity index is 176. The molecule has 0 radical (unpaired) electrons. The van der Waals surface area contributed by atoms with Crippen molar-refractivity contribution in [1.29, 1.82) is 0 Å². The van der Waals surface area contributed by atoms with E-state index < -0.39 is 6.10 Å². The highest BCUT2D eigenvalue weighted by Gasteiger charge is 2.26. The molecule has 1 aliphatic heterocycles. The minimum atomic E-state index is -0.479. The average Bonchev–Trinajstić information content (AvgIpc) is 2.67. The molecule has 76 valence electrons. The summed E-state index contributed by atoms with van der Waals surface area (Å²) in [5.74, 6) is -0.116. The van der Waals surface area contributed by atoms with Crippen LogP contribution in [0.3, 0.4) is 0 Å². The summed E-state index contributed by atoms with van der Waals surface area (Å²) in [7, 11) is 0. The molecule has 0 bridgehead atoms. The summed E-state index contributed by atoms with van der Waals surface area (Å²) in [6, 6.07) is 0. The van der Waals surface area contributed by atoms with Crippen LogP contribution in [0.4, 0.5) is 0 Å². The fourth-order valence-electron chi connectivity index (χ4n) is 1.74. The van der Waals surface area contributed by atoms with Crippen LogP contribution in [0, 0.1) is 5.92 Å². The third-order valence-corrected chi connectivity index (χ3v) is 2.80. The first-order valence-electron chi connectivity index (χ1n) is 5.13. The summed E-state index contributed by atoms with van der Waals surface area (Å²) in [5, 5.41) is 9.51. The number of likely N-dealkylation sites (tertiary alicyclic amines) is 1. The van der Waals surface area contributed by atoms with Gasteiger partial charge in [0.05, 0.1) is 12.0 Å². The molecule has 0 aromatic rings. The summed E-state index contributed by atoms with van der Waals surface area (Å²) in [6.45, 7) is 5.46. The van der Waals surface area contributed by atoms with Gasteiger partial charge in [-0.05, 0) is 19.3 Å². The molecule has 0 aromatic heterocycles. The molecule has 1 fully saturated rings. The van der Waals surface area contributed by atoms with E-state index in [0.29, 0.717) is 6.42 Å². The highest BCUT2D eigenvalue weighted by molar-refractivity contribution is 5.79. The van der Waals surface area contributed by atoms with Gasteiger partial charge < -0.3 is 10.0 Å². The quantitative estimate of drug-likeness (QED) is 0.713. The Hall–Kier alpha value is -0.570. The summed E-state index contributed by atoms with van der Waals surface area (Å²) >= 11 is 0. The number of carbonyl (C=O) groups excluding carboxylic acids is 1. The number of hydrogen-bond acceptors (Lipinski definition) is 2. The lowest BCUT2D eigenvalue weighted by Crippen LogP contribution is -2.37. The van der Waals surface area contributed by atoms with Crippen molar-refractivity contribution >= 4 is 5.91 Å². The van der Waals surface area contributed by atoms with Crippen LogP contribution in [0.2, 0.25) is 0 Å². The lowest BCUT2D eigenvalue weighted by atomic mass is 10.0. The number of nitrogens with zero attached hydrogens (tertiary/aromatic N) is 1. The van der Waals surface area contributed by atoms with Crippen LogP contribution in [0.1, 0.15) is 33.1 Å². The lowest BCUT2D eigenvalue weighted by Gasteiger charge is -2.23. The predicted molar refractivity (Wildman–Crippen MR) is 51.3 cm³/mol. The van der Waals surface area contributed by atoms with E-state index in [9.17, 15) is 9.90 Å². The number of hydrogen-bond donors (Lipinski definition) is 1. The lowest BCUT2D eigenvalue weighted by molar-refractivity contribution is -0.137. The van der Waals surface area contributed by atoms with Gasteiger partial charge in [0.15, 0.2) is 0 Å². The summed E-state index contributed by atoms with van der Waals surface area (Å²) in [5.41, 5.74) is 0. The van der Waals surface area contributed by atoms with Gasteiger partial charge in [0.2, 0.25) is 5.91 Å². The Balaban J connectivity index is 2.45. The average molecular weight is 185 g/mol. The van der Waals surface area contributed by atoms with Gasteiger partial charge >= 0.3 is 0 Å². The molecule has 3 nitrogen and oxygen atoms in total. The van der Waals surface area contributed by atoms with Crippen molar-refractivity contribution in [1.82, 2.24) is 4.90 Å². The van der Waals surface area contributed by atoms with Gasteiger partial charge in [-0.2, -0.15) is 0 Å². The van der Waals surface area contributed by atoms with Crippen molar-refractivity contribution in [3.8, 4) is 0 Å². The molecule has 0 spiro atoms. The topological polar surface area (TPSA) is 40.5 Å². The molecule has 0 unspecified atom stereocenters.